The second kappa shape index (κ2) is 5.75. The smallest absolute Gasteiger partial charge is 0.252 e. The molecule has 1 aliphatic heterocycles. The van der Waals surface area contributed by atoms with Crippen LogP contribution in [-0.4, -0.2) is 31.4 Å². The van der Waals surface area contributed by atoms with Gasteiger partial charge in [-0.05, 0) is 49.6 Å². The van der Waals surface area contributed by atoms with Crippen molar-refractivity contribution >= 4 is 21.4 Å². The molecule has 1 saturated heterocycles. The minimum absolute atomic E-state index is 0.129. The summed E-state index contributed by atoms with van der Waals surface area (Å²) in [4.78, 5) is 0. The zero-order chi connectivity index (χ0) is 14.2. The Morgan fingerprint density at radius 1 is 1.35 bits per heavy atom. The molecule has 1 N–H and O–H groups in total. The first kappa shape index (κ1) is 14.5. The highest BCUT2D eigenvalue weighted by Crippen LogP contribution is 2.29. The molecule has 0 aromatic carbocycles. The number of nitrogens with one attached hydrogen (secondary N) is 1. The van der Waals surface area contributed by atoms with Gasteiger partial charge in [0.05, 0.1) is 0 Å². The summed E-state index contributed by atoms with van der Waals surface area (Å²) in [6.45, 7) is 3.46. The first-order valence-electron chi connectivity index (χ1n) is 7.40. The zero-order valence-corrected chi connectivity index (χ0v) is 13.5. The standard InChI is InChI=1S/C14H22N2O2S2/c1-11-4-2-3-7-16(11)20(17,18)14-8-12(10-19-14)9-15-13-5-6-13/h8,10-11,13,15H,2-7,9H2,1H3. The Morgan fingerprint density at radius 3 is 2.85 bits per heavy atom. The molecule has 6 heteroatoms. The van der Waals surface area contributed by atoms with Gasteiger partial charge >= 0.3 is 0 Å². The first-order valence-corrected chi connectivity index (χ1v) is 9.72. The van der Waals surface area contributed by atoms with Gasteiger partial charge in [0.15, 0.2) is 0 Å². The molecule has 0 amide bonds. The van der Waals surface area contributed by atoms with Crippen LogP contribution in [0.5, 0.6) is 0 Å². The summed E-state index contributed by atoms with van der Waals surface area (Å²) in [6, 6.07) is 2.62. The van der Waals surface area contributed by atoms with Gasteiger partial charge in [-0.15, -0.1) is 11.3 Å². The summed E-state index contributed by atoms with van der Waals surface area (Å²) >= 11 is 1.35. The highest BCUT2D eigenvalue weighted by Gasteiger charge is 2.32. The molecule has 0 bridgehead atoms. The Bertz CT molecular complexity index is 563. The minimum Gasteiger partial charge on any atom is -0.310 e. The van der Waals surface area contributed by atoms with Crippen molar-refractivity contribution in [3.63, 3.8) is 0 Å². The molecule has 1 aromatic heterocycles. The van der Waals surface area contributed by atoms with Crippen molar-refractivity contribution < 1.29 is 8.42 Å². The van der Waals surface area contributed by atoms with Crippen LogP contribution in [0, 0.1) is 0 Å². The number of hydrogen-bond acceptors (Lipinski definition) is 4. The van der Waals surface area contributed by atoms with E-state index in [4.69, 9.17) is 0 Å². The molecule has 1 aliphatic carbocycles. The van der Waals surface area contributed by atoms with Crippen LogP contribution in [0.2, 0.25) is 0 Å². The molecule has 2 aliphatic rings. The minimum atomic E-state index is -3.29. The van der Waals surface area contributed by atoms with Gasteiger partial charge < -0.3 is 5.32 Å². The van der Waals surface area contributed by atoms with Crippen LogP contribution in [0.3, 0.4) is 0 Å². The predicted molar refractivity (Wildman–Crippen MR) is 81.4 cm³/mol. The largest absolute Gasteiger partial charge is 0.310 e. The Kier molecular flexibility index (Phi) is 4.17. The Morgan fingerprint density at radius 2 is 2.15 bits per heavy atom. The van der Waals surface area contributed by atoms with Gasteiger partial charge in [-0.3, -0.25) is 0 Å². The Labute approximate surface area is 125 Å². The van der Waals surface area contributed by atoms with Crippen LogP contribution in [0.1, 0.15) is 44.6 Å². The Balaban J connectivity index is 1.72. The lowest BCUT2D eigenvalue weighted by Crippen LogP contribution is -2.41. The third-order valence-corrected chi connectivity index (χ3v) is 7.58. The maximum atomic E-state index is 12.7. The van der Waals surface area contributed by atoms with Crippen molar-refractivity contribution in [1.29, 1.82) is 0 Å². The number of nitrogens with zero attached hydrogens (tertiary/aromatic N) is 1. The number of hydrogen-bond donors (Lipinski definition) is 1. The van der Waals surface area contributed by atoms with Gasteiger partial charge in [-0.25, -0.2) is 8.42 Å². The SMILES string of the molecule is CC1CCCCN1S(=O)(=O)c1cc(CNC2CC2)cs1. The number of rotatable bonds is 5. The average molecular weight is 314 g/mol. The molecule has 20 heavy (non-hydrogen) atoms. The van der Waals surface area contributed by atoms with Gasteiger partial charge in [0.2, 0.25) is 0 Å². The van der Waals surface area contributed by atoms with E-state index >= 15 is 0 Å². The molecular weight excluding hydrogens is 292 g/mol. The van der Waals surface area contributed by atoms with Crippen LogP contribution in [0.25, 0.3) is 0 Å². The summed E-state index contributed by atoms with van der Waals surface area (Å²) < 4.78 is 27.5. The molecular formula is C14H22N2O2S2. The monoisotopic (exact) mass is 314 g/mol. The van der Waals surface area contributed by atoms with Gasteiger partial charge in [0.25, 0.3) is 10.0 Å². The molecule has 4 nitrogen and oxygen atoms in total. The Hall–Kier alpha value is -0.430. The summed E-state index contributed by atoms with van der Waals surface area (Å²) in [5.74, 6) is 0. The summed E-state index contributed by atoms with van der Waals surface area (Å²) in [5, 5.41) is 5.39. The van der Waals surface area contributed by atoms with E-state index in [1.165, 1.54) is 24.2 Å². The quantitative estimate of drug-likeness (QED) is 0.909. The predicted octanol–water partition coefficient (Wildman–Crippen LogP) is 2.56. The van der Waals surface area contributed by atoms with Crippen molar-refractivity contribution in [1.82, 2.24) is 9.62 Å². The van der Waals surface area contributed by atoms with Crippen molar-refractivity contribution in [2.45, 2.75) is 61.9 Å². The molecule has 3 rings (SSSR count). The molecule has 1 atom stereocenters. The van der Waals surface area contributed by atoms with E-state index in [2.05, 4.69) is 5.32 Å². The summed E-state index contributed by atoms with van der Waals surface area (Å²) in [5.41, 5.74) is 1.09. The second-order valence-corrected chi connectivity index (χ2v) is 8.92. The van der Waals surface area contributed by atoms with Gasteiger partial charge in [0.1, 0.15) is 4.21 Å². The third-order valence-electron chi connectivity index (χ3n) is 4.11. The van der Waals surface area contributed by atoms with Crippen LogP contribution in [-0.2, 0) is 16.6 Å². The number of thiophene rings is 1. The number of sulfonamides is 1. The van der Waals surface area contributed by atoms with Crippen molar-refractivity contribution in [2.75, 3.05) is 6.54 Å². The van der Waals surface area contributed by atoms with E-state index in [1.54, 1.807) is 4.31 Å². The van der Waals surface area contributed by atoms with Crippen molar-refractivity contribution in [2.24, 2.45) is 0 Å². The molecule has 0 spiro atoms. The fourth-order valence-corrected chi connectivity index (χ4v) is 5.71. The highest BCUT2D eigenvalue weighted by atomic mass is 32.2. The normalized spacial score (nSPS) is 24.9. The maximum Gasteiger partial charge on any atom is 0.252 e. The molecule has 0 radical (unpaired) electrons. The van der Waals surface area contributed by atoms with E-state index in [0.717, 1.165) is 31.4 Å². The molecule has 1 saturated carbocycles. The van der Waals surface area contributed by atoms with E-state index in [0.29, 0.717) is 16.8 Å². The maximum absolute atomic E-state index is 12.7. The summed E-state index contributed by atoms with van der Waals surface area (Å²) in [6.07, 6.45) is 5.58. The lowest BCUT2D eigenvalue weighted by molar-refractivity contribution is 0.269. The zero-order valence-electron chi connectivity index (χ0n) is 11.8. The van der Waals surface area contributed by atoms with Crippen LogP contribution < -0.4 is 5.32 Å². The number of piperidine rings is 1. The van der Waals surface area contributed by atoms with Crippen molar-refractivity contribution in [3.05, 3.63) is 17.0 Å². The van der Waals surface area contributed by atoms with E-state index in [9.17, 15) is 8.42 Å². The summed E-state index contributed by atoms with van der Waals surface area (Å²) in [7, 11) is -3.29. The lowest BCUT2D eigenvalue weighted by Gasteiger charge is -2.31. The molecule has 1 unspecified atom stereocenters. The topological polar surface area (TPSA) is 49.4 Å². The molecule has 2 heterocycles. The fraction of sp³-hybridized carbons (Fsp3) is 0.714. The van der Waals surface area contributed by atoms with Crippen LogP contribution in [0.4, 0.5) is 0 Å². The lowest BCUT2D eigenvalue weighted by atomic mass is 10.1. The van der Waals surface area contributed by atoms with Crippen LogP contribution >= 0.6 is 11.3 Å². The average Bonchev–Trinajstić information content (AvgIpc) is 3.13. The second-order valence-electron chi connectivity index (χ2n) is 5.89. The third kappa shape index (κ3) is 3.08. The fourth-order valence-electron chi connectivity index (χ4n) is 2.68. The highest BCUT2D eigenvalue weighted by molar-refractivity contribution is 7.91. The van der Waals surface area contributed by atoms with Gasteiger partial charge in [0, 0.05) is 25.2 Å². The molecule has 2 fully saturated rings. The van der Waals surface area contributed by atoms with Crippen LogP contribution in [0.15, 0.2) is 15.7 Å². The van der Waals surface area contributed by atoms with Crippen molar-refractivity contribution in [3.8, 4) is 0 Å². The molecule has 1 aromatic rings. The van der Waals surface area contributed by atoms with E-state index < -0.39 is 10.0 Å². The van der Waals surface area contributed by atoms with E-state index in [1.807, 2.05) is 18.4 Å². The van der Waals surface area contributed by atoms with Gasteiger partial charge in [-0.1, -0.05) is 6.42 Å². The van der Waals surface area contributed by atoms with E-state index in [-0.39, 0.29) is 6.04 Å². The molecule has 112 valence electrons. The first-order chi connectivity index (χ1) is 9.57. The van der Waals surface area contributed by atoms with Gasteiger partial charge in [-0.2, -0.15) is 4.31 Å².